The van der Waals surface area contributed by atoms with Crippen LogP contribution >= 0.6 is 11.8 Å². The van der Waals surface area contributed by atoms with Gasteiger partial charge in [0.2, 0.25) is 5.91 Å². The molecule has 0 radical (unpaired) electrons. The minimum Gasteiger partial charge on any atom is -0.325 e. The third kappa shape index (κ3) is 4.79. The molecule has 0 atom stereocenters. The Morgan fingerprint density at radius 1 is 1.12 bits per heavy atom. The Bertz CT molecular complexity index is 1020. The molecule has 0 spiro atoms. The molecule has 4 bridgehead atoms. The molecule has 174 valence electrons. The van der Waals surface area contributed by atoms with Crippen LogP contribution in [0.2, 0.25) is 0 Å². The van der Waals surface area contributed by atoms with Crippen molar-refractivity contribution >= 4 is 29.1 Å². The first kappa shape index (κ1) is 22.4. The fourth-order valence-electron chi connectivity index (χ4n) is 6.83. The smallest absolute Gasteiger partial charge is 0.234 e. The number of rotatable bonds is 9. The molecule has 1 aromatic carbocycles. The third-order valence-corrected chi connectivity index (χ3v) is 8.68. The van der Waals surface area contributed by atoms with Gasteiger partial charge in [0, 0.05) is 24.2 Å². The van der Waals surface area contributed by atoms with Gasteiger partial charge in [-0.25, -0.2) is 0 Å². The second-order valence-corrected chi connectivity index (χ2v) is 11.3. The maximum absolute atomic E-state index is 12.5. The molecule has 1 aromatic heterocycles. The highest BCUT2D eigenvalue weighted by atomic mass is 32.2. The molecule has 0 unspecified atom stereocenters. The summed E-state index contributed by atoms with van der Waals surface area (Å²) >= 11 is 1.41. The second kappa shape index (κ2) is 9.09. The molecule has 6 rings (SSSR count). The minimum absolute atomic E-state index is 0.00864. The number of thioether (sulfide) groups is 1. The van der Waals surface area contributed by atoms with Crippen LogP contribution in [0.5, 0.6) is 0 Å². The number of anilines is 1. The average molecular weight is 465 g/mol. The summed E-state index contributed by atoms with van der Waals surface area (Å²) in [7, 11) is 0. The van der Waals surface area contributed by atoms with E-state index in [1.165, 1.54) is 57.2 Å². The van der Waals surface area contributed by atoms with Crippen molar-refractivity contribution in [1.82, 2.24) is 14.8 Å². The third-order valence-electron chi connectivity index (χ3n) is 7.71. The lowest BCUT2D eigenvalue weighted by molar-refractivity contribution is -0.113. The van der Waals surface area contributed by atoms with Gasteiger partial charge in [-0.3, -0.25) is 9.59 Å². The van der Waals surface area contributed by atoms with Gasteiger partial charge >= 0.3 is 0 Å². The summed E-state index contributed by atoms with van der Waals surface area (Å²) in [6, 6.07) is 6.96. The van der Waals surface area contributed by atoms with Gasteiger partial charge in [0.15, 0.2) is 10.9 Å². The Labute approximate surface area is 199 Å². The van der Waals surface area contributed by atoms with Crippen LogP contribution in [-0.4, -0.2) is 32.2 Å². The van der Waals surface area contributed by atoms with Crippen molar-refractivity contribution < 1.29 is 9.59 Å². The normalized spacial score (nSPS) is 27.5. The van der Waals surface area contributed by atoms with E-state index in [0.29, 0.717) is 23.2 Å². The molecule has 6 nitrogen and oxygen atoms in total. The van der Waals surface area contributed by atoms with Gasteiger partial charge in [0.1, 0.15) is 5.82 Å². The van der Waals surface area contributed by atoms with Crippen molar-refractivity contribution in [1.29, 1.82) is 0 Å². The molecular formula is C26H32N4O2S. The van der Waals surface area contributed by atoms with E-state index in [-0.39, 0.29) is 17.4 Å². The molecule has 4 aliphatic rings. The van der Waals surface area contributed by atoms with E-state index in [2.05, 4.69) is 26.7 Å². The second-order valence-electron chi connectivity index (χ2n) is 10.4. The number of allylic oxidation sites excluding steroid dienone is 1. The van der Waals surface area contributed by atoms with E-state index in [9.17, 15) is 9.59 Å². The molecule has 1 heterocycles. The monoisotopic (exact) mass is 464 g/mol. The molecule has 1 N–H and O–H groups in total. The zero-order valence-corrected chi connectivity index (χ0v) is 20.1. The molecule has 0 saturated heterocycles. The first-order valence-corrected chi connectivity index (χ1v) is 13.0. The lowest BCUT2D eigenvalue weighted by atomic mass is 9.49. The summed E-state index contributed by atoms with van der Waals surface area (Å²) in [6.45, 7) is 6.11. The summed E-state index contributed by atoms with van der Waals surface area (Å²) in [5.74, 6) is 3.93. The Morgan fingerprint density at radius 2 is 1.76 bits per heavy atom. The van der Waals surface area contributed by atoms with E-state index in [0.717, 1.165) is 35.2 Å². The summed E-state index contributed by atoms with van der Waals surface area (Å²) in [5.41, 5.74) is 1.71. The fourth-order valence-corrected chi connectivity index (χ4v) is 7.59. The largest absolute Gasteiger partial charge is 0.325 e. The SMILES string of the molecule is C=CCn1c(CC23CC4CC(CC(C4)C2)C3)nnc1SCC(=O)Nc1ccc(C(C)=O)cc1. The molecule has 0 aliphatic heterocycles. The van der Waals surface area contributed by atoms with E-state index < -0.39 is 0 Å². The van der Waals surface area contributed by atoms with Gasteiger partial charge < -0.3 is 9.88 Å². The van der Waals surface area contributed by atoms with Crippen molar-refractivity contribution in [3.05, 3.63) is 48.3 Å². The number of Topliss-reactive ketones (excluding diaryl/α,β-unsaturated/α-hetero) is 1. The van der Waals surface area contributed by atoms with Gasteiger partial charge in [0.05, 0.1) is 5.75 Å². The molecule has 2 aromatic rings. The number of benzene rings is 1. The quantitative estimate of drug-likeness (QED) is 0.315. The van der Waals surface area contributed by atoms with E-state index in [4.69, 9.17) is 0 Å². The lowest BCUT2D eigenvalue weighted by Crippen LogP contribution is -2.47. The number of hydrogen-bond acceptors (Lipinski definition) is 5. The van der Waals surface area contributed by atoms with Crippen LogP contribution in [0.25, 0.3) is 0 Å². The molecule has 33 heavy (non-hydrogen) atoms. The van der Waals surface area contributed by atoms with Crippen LogP contribution in [0, 0.1) is 23.2 Å². The van der Waals surface area contributed by atoms with E-state index in [1.54, 1.807) is 24.3 Å². The van der Waals surface area contributed by atoms with Gasteiger partial charge in [-0.15, -0.1) is 16.8 Å². The molecule has 4 saturated carbocycles. The summed E-state index contributed by atoms with van der Waals surface area (Å²) in [4.78, 5) is 23.9. The van der Waals surface area contributed by atoms with Gasteiger partial charge in [-0.1, -0.05) is 17.8 Å². The van der Waals surface area contributed by atoms with E-state index in [1.807, 2.05) is 6.08 Å². The number of aromatic nitrogens is 3. The fraction of sp³-hybridized carbons (Fsp3) is 0.538. The van der Waals surface area contributed by atoms with Crippen LogP contribution in [0.1, 0.15) is 61.6 Å². The topological polar surface area (TPSA) is 76.9 Å². The number of hydrogen-bond donors (Lipinski definition) is 1. The predicted molar refractivity (Wildman–Crippen MR) is 130 cm³/mol. The molecule has 4 aliphatic carbocycles. The zero-order valence-electron chi connectivity index (χ0n) is 19.3. The Kier molecular flexibility index (Phi) is 6.16. The van der Waals surface area contributed by atoms with Crippen LogP contribution < -0.4 is 5.32 Å². The van der Waals surface area contributed by atoms with Crippen molar-refractivity contribution in [2.24, 2.45) is 23.2 Å². The Balaban J connectivity index is 1.23. The maximum atomic E-state index is 12.5. The standard InChI is InChI=1S/C26H32N4O2S/c1-3-8-30-23(15-26-12-18-9-19(13-26)11-20(10-18)14-26)28-29-25(30)33-16-24(32)27-22-6-4-21(5-7-22)17(2)31/h3-7,18-20H,1,8-16H2,2H3,(H,27,32). The van der Waals surface area contributed by atoms with Crippen molar-refractivity contribution in [2.45, 2.75) is 63.6 Å². The lowest BCUT2D eigenvalue weighted by Gasteiger charge is -2.56. The number of nitrogens with one attached hydrogen (secondary N) is 1. The number of carbonyl (C=O) groups is 2. The number of carbonyl (C=O) groups excluding carboxylic acids is 2. The summed E-state index contributed by atoms with van der Waals surface area (Å²) in [6.07, 6.45) is 11.2. The van der Waals surface area contributed by atoms with Crippen LogP contribution in [0.4, 0.5) is 5.69 Å². The molecule has 7 heteroatoms. The van der Waals surface area contributed by atoms with Gasteiger partial charge in [-0.05, 0) is 92.9 Å². The first-order chi connectivity index (χ1) is 15.9. The number of amides is 1. The summed E-state index contributed by atoms with van der Waals surface area (Å²) in [5, 5.41) is 12.7. The highest BCUT2D eigenvalue weighted by Gasteiger charge is 2.51. The number of ketones is 1. The molecule has 4 fully saturated rings. The zero-order chi connectivity index (χ0) is 23.0. The van der Waals surface area contributed by atoms with E-state index >= 15 is 0 Å². The maximum Gasteiger partial charge on any atom is 0.234 e. The average Bonchev–Trinajstić information content (AvgIpc) is 3.12. The van der Waals surface area contributed by atoms with Crippen LogP contribution in [-0.2, 0) is 17.8 Å². The molecular weight excluding hydrogens is 432 g/mol. The highest BCUT2D eigenvalue weighted by Crippen LogP contribution is 2.61. The van der Waals surface area contributed by atoms with Crippen molar-refractivity contribution in [2.75, 3.05) is 11.1 Å². The highest BCUT2D eigenvalue weighted by molar-refractivity contribution is 7.99. The minimum atomic E-state index is -0.105. The predicted octanol–water partition coefficient (Wildman–Crippen LogP) is 5.16. The van der Waals surface area contributed by atoms with Crippen molar-refractivity contribution in [3.8, 4) is 0 Å². The van der Waals surface area contributed by atoms with Crippen LogP contribution in [0.15, 0.2) is 42.1 Å². The summed E-state index contributed by atoms with van der Waals surface area (Å²) < 4.78 is 2.14. The van der Waals surface area contributed by atoms with Gasteiger partial charge in [0.25, 0.3) is 0 Å². The first-order valence-electron chi connectivity index (χ1n) is 12.0. The van der Waals surface area contributed by atoms with Crippen molar-refractivity contribution in [3.63, 3.8) is 0 Å². The van der Waals surface area contributed by atoms with Crippen LogP contribution in [0.3, 0.4) is 0 Å². The molecule has 1 amide bonds. The number of nitrogens with zero attached hydrogens (tertiary/aromatic N) is 3. The van der Waals surface area contributed by atoms with Gasteiger partial charge in [-0.2, -0.15) is 0 Å². The Morgan fingerprint density at radius 3 is 2.33 bits per heavy atom. The Hall–Kier alpha value is -2.41.